The molecule has 0 aliphatic carbocycles. The molecule has 1 N–H and O–H groups in total. The van der Waals surface area contributed by atoms with Crippen LogP contribution in [0, 0.1) is 6.92 Å². The van der Waals surface area contributed by atoms with E-state index in [9.17, 15) is 0 Å². The molecule has 1 saturated heterocycles. The van der Waals surface area contributed by atoms with E-state index >= 15 is 0 Å². The summed E-state index contributed by atoms with van der Waals surface area (Å²) in [5, 5.41) is 3.62. The Balaban J connectivity index is 2.13. The van der Waals surface area contributed by atoms with E-state index < -0.39 is 0 Å². The number of halogens is 1. The second-order valence-electron chi connectivity index (χ2n) is 5.83. The highest BCUT2D eigenvalue weighted by molar-refractivity contribution is 9.10. The van der Waals surface area contributed by atoms with Crippen LogP contribution in [0.25, 0.3) is 0 Å². The van der Waals surface area contributed by atoms with Crippen LogP contribution in [0.2, 0.25) is 0 Å². The van der Waals surface area contributed by atoms with Gasteiger partial charge in [-0.1, -0.05) is 15.9 Å². The normalized spacial score (nSPS) is 20.3. The molecule has 1 aliphatic rings. The summed E-state index contributed by atoms with van der Waals surface area (Å²) in [6, 6.07) is 6.66. The van der Waals surface area contributed by atoms with Crippen LogP contribution in [0.5, 0.6) is 0 Å². The summed E-state index contributed by atoms with van der Waals surface area (Å²) in [7, 11) is 0. The molecule has 1 fully saturated rings. The monoisotopic (exact) mass is 310 g/mol. The number of benzene rings is 1. The summed E-state index contributed by atoms with van der Waals surface area (Å²) >= 11 is 3.57. The first kappa shape index (κ1) is 13.9. The summed E-state index contributed by atoms with van der Waals surface area (Å²) in [6.45, 7) is 10.1. The van der Waals surface area contributed by atoms with E-state index in [1.807, 2.05) is 0 Å². The number of hydrogen-bond acceptors (Lipinski definition) is 2. The number of hydrogen-bond donors (Lipinski definition) is 1. The first-order valence-corrected chi connectivity index (χ1v) is 7.53. The molecule has 0 unspecified atom stereocenters. The van der Waals surface area contributed by atoms with Crippen molar-refractivity contribution in [3.63, 3.8) is 0 Å². The lowest BCUT2D eigenvalue weighted by Gasteiger charge is -2.35. The Kier molecular flexibility index (Phi) is 4.33. The predicted molar refractivity (Wildman–Crippen MR) is 82.4 cm³/mol. The van der Waals surface area contributed by atoms with E-state index in [-0.39, 0.29) is 5.54 Å². The van der Waals surface area contributed by atoms with E-state index in [0.29, 0.717) is 0 Å². The van der Waals surface area contributed by atoms with Gasteiger partial charge in [-0.05, 0) is 63.9 Å². The van der Waals surface area contributed by atoms with Crippen LogP contribution >= 0.6 is 15.9 Å². The molecule has 0 spiro atoms. The van der Waals surface area contributed by atoms with Crippen molar-refractivity contribution >= 4 is 21.6 Å². The zero-order valence-corrected chi connectivity index (χ0v) is 13.2. The van der Waals surface area contributed by atoms with Crippen molar-refractivity contribution in [2.24, 2.45) is 0 Å². The fourth-order valence-electron chi connectivity index (χ4n) is 2.40. The third-order valence-electron chi connectivity index (χ3n) is 3.72. The largest absolute Gasteiger partial charge is 0.371 e. The van der Waals surface area contributed by atoms with Crippen molar-refractivity contribution in [2.75, 3.05) is 24.5 Å². The molecule has 1 heterocycles. The molecular weight excluding hydrogens is 288 g/mol. The number of anilines is 1. The molecule has 1 aromatic rings. The molecule has 0 saturated carbocycles. The van der Waals surface area contributed by atoms with Crippen LogP contribution in [0.15, 0.2) is 22.7 Å². The highest BCUT2D eigenvalue weighted by Gasteiger charge is 2.21. The topological polar surface area (TPSA) is 15.3 Å². The second kappa shape index (κ2) is 5.62. The first-order valence-electron chi connectivity index (χ1n) is 6.74. The number of nitrogens with zero attached hydrogens (tertiary/aromatic N) is 1. The van der Waals surface area contributed by atoms with E-state index in [2.05, 4.69) is 65.1 Å². The SMILES string of the molecule is Cc1cc(N2CCCNC(C)(C)CC2)ccc1Br. The average Bonchev–Trinajstić information content (AvgIpc) is 2.29. The van der Waals surface area contributed by atoms with Gasteiger partial charge in [0.05, 0.1) is 0 Å². The van der Waals surface area contributed by atoms with Gasteiger partial charge >= 0.3 is 0 Å². The maximum atomic E-state index is 3.62. The molecule has 0 radical (unpaired) electrons. The number of nitrogens with one attached hydrogen (secondary N) is 1. The molecule has 2 rings (SSSR count). The average molecular weight is 311 g/mol. The first-order chi connectivity index (χ1) is 8.48. The van der Waals surface area contributed by atoms with Gasteiger partial charge in [-0.2, -0.15) is 0 Å². The van der Waals surface area contributed by atoms with Gasteiger partial charge in [0.1, 0.15) is 0 Å². The van der Waals surface area contributed by atoms with Crippen LogP contribution < -0.4 is 10.2 Å². The summed E-state index contributed by atoms with van der Waals surface area (Å²) in [4.78, 5) is 2.52. The summed E-state index contributed by atoms with van der Waals surface area (Å²) in [5.74, 6) is 0. The van der Waals surface area contributed by atoms with Gasteiger partial charge in [0, 0.05) is 28.8 Å². The maximum Gasteiger partial charge on any atom is 0.0369 e. The fourth-order valence-corrected chi connectivity index (χ4v) is 2.64. The standard InChI is InChI=1S/C15H23BrN2/c1-12-11-13(5-6-14(12)16)18-9-4-8-17-15(2,3)7-10-18/h5-6,11,17H,4,7-10H2,1-3H3. The second-order valence-corrected chi connectivity index (χ2v) is 6.69. The molecule has 1 aliphatic heterocycles. The van der Waals surface area contributed by atoms with E-state index in [1.54, 1.807) is 0 Å². The molecule has 0 aromatic heterocycles. The van der Waals surface area contributed by atoms with Gasteiger partial charge < -0.3 is 10.2 Å². The van der Waals surface area contributed by atoms with Crippen LogP contribution in [0.3, 0.4) is 0 Å². The van der Waals surface area contributed by atoms with Gasteiger partial charge in [0.15, 0.2) is 0 Å². The van der Waals surface area contributed by atoms with Crippen molar-refractivity contribution in [3.8, 4) is 0 Å². The van der Waals surface area contributed by atoms with Crippen LogP contribution in [-0.2, 0) is 0 Å². The van der Waals surface area contributed by atoms with Gasteiger partial charge in [-0.15, -0.1) is 0 Å². The third kappa shape index (κ3) is 3.48. The molecular formula is C15H23BrN2. The highest BCUT2D eigenvalue weighted by atomic mass is 79.9. The smallest absolute Gasteiger partial charge is 0.0369 e. The van der Waals surface area contributed by atoms with Crippen molar-refractivity contribution < 1.29 is 0 Å². The lowest BCUT2D eigenvalue weighted by atomic mass is 9.98. The third-order valence-corrected chi connectivity index (χ3v) is 4.61. The number of aryl methyl sites for hydroxylation is 1. The molecule has 2 nitrogen and oxygen atoms in total. The number of rotatable bonds is 1. The van der Waals surface area contributed by atoms with Crippen molar-refractivity contribution in [2.45, 2.75) is 39.2 Å². The Hall–Kier alpha value is -0.540. The predicted octanol–water partition coefficient (Wildman–Crippen LogP) is 3.73. The lowest BCUT2D eigenvalue weighted by Crippen LogP contribution is -2.46. The minimum atomic E-state index is 0.253. The molecule has 1 aromatic carbocycles. The zero-order valence-electron chi connectivity index (χ0n) is 11.6. The van der Waals surface area contributed by atoms with E-state index in [1.165, 1.54) is 28.6 Å². The minimum Gasteiger partial charge on any atom is -0.371 e. The summed E-state index contributed by atoms with van der Waals surface area (Å²) < 4.78 is 1.19. The quantitative estimate of drug-likeness (QED) is 0.850. The summed E-state index contributed by atoms with van der Waals surface area (Å²) in [6.07, 6.45) is 2.39. The van der Waals surface area contributed by atoms with E-state index in [4.69, 9.17) is 0 Å². The maximum absolute atomic E-state index is 3.62. The van der Waals surface area contributed by atoms with Crippen molar-refractivity contribution in [1.82, 2.24) is 5.32 Å². The van der Waals surface area contributed by atoms with Crippen molar-refractivity contribution in [1.29, 1.82) is 0 Å². The van der Waals surface area contributed by atoms with Gasteiger partial charge in [-0.3, -0.25) is 0 Å². The molecule has 0 bridgehead atoms. The van der Waals surface area contributed by atoms with E-state index in [0.717, 1.165) is 19.6 Å². The zero-order chi connectivity index (χ0) is 13.2. The Morgan fingerprint density at radius 1 is 1.28 bits per heavy atom. The highest BCUT2D eigenvalue weighted by Crippen LogP contribution is 2.24. The molecule has 18 heavy (non-hydrogen) atoms. The molecule has 0 amide bonds. The lowest BCUT2D eigenvalue weighted by molar-refractivity contribution is 0.347. The fraction of sp³-hybridized carbons (Fsp3) is 0.600. The van der Waals surface area contributed by atoms with Crippen LogP contribution in [0.4, 0.5) is 5.69 Å². The van der Waals surface area contributed by atoms with Gasteiger partial charge in [0.25, 0.3) is 0 Å². The Labute approximate surface area is 119 Å². The van der Waals surface area contributed by atoms with Gasteiger partial charge in [0.2, 0.25) is 0 Å². The van der Waals surface area contributed by atoms with Crippen LogP contribution in [-0.4, -0.2) is 25.2 Å². The van der Waals surface area contributed by atoms with Gasteiger partial charge in [-0.25, -0.2) is 0 Å². The molecule has 3 heteroatoms. The minimum absolute atomic E-state index is 0.253. The Morgan fingerprint density at radius 3 is 2.78 bits per heavy atom. The summed E-state index contributed by atoms with van der Waals surface area (Å²) in [5.41, 5.74) is 2.92. The molecule has 100 valence electrons. The molecule has 0 atom stereocenters. The van der Waals surface area contributed by atoms with Crippen molar-refractivity contribution in [3.05, 3.63) is 28.2 Å². The Morgan fingerprint density at radius 2 is 2.06 bits per heavy atom. The van der Waals surface area contributed by atoms with Crippen LogP contribution in [0.1, 0.15) is 32.3 Å². The Bertz CT molecular complexity index is 415.